The van der Waals surface area contributed by atoms with Gasteiger partial charge in [-0.15, -0.1) is 0 Å². The van der Waals surface area contributed by atoms with Crippen LogP contribution in [0.4, 0.5) is 0 Å². The maximum atomic E-state index is 6.06. The van der Waals surface area contributed by atoms with E-state index < -0.39 is 0 Å². The van der Waals surface area contributed by atoms with Crippen LogP contribution < -0.4 is 10.5 Å². The van der Waals surface area contributed by atoms with Crippen LogP contribution in [0.15, 0.2) is 24.3 Å². The lowest BCUT2D eigenvalue weighted by Crippen LogP contribution is -2.28. The highest BCUT2D eigenvalue weighted by Gasteiger charge is 2.21. The van der Waals surface area contributed by atoms with E-state index in [0.717, 1.165) is 17.7 Å². The Balaban J connectivity index is 2.77. The van der Waals surface area contributed by atoms with Gasteiger partial charge >= 0.3 is 0 Å². The zero-order valence-corrected chi connectivity index (χ0v) is 12.8. The Morgan fingerprint density at radius 2 is 1.84 bits per heavy atom. The Morgan fingerprint density at radius 3 is 2.37 bits per heavy atom. The molecule has 0 radical (unpaired) electrons. The summed E-state index contributed by atoms with van der Waals surface area (Å²) in [7, 11) is 1.67. The first-order valence-corrected chi connectivity index (χ1v) is 6.85. The molecule has 1 aromatic carbocycles. The summed E-state index contributed by atoms with van der Waals surface area (Å²) in [6.45, 7) is 9.29. The van der Waals surface area contributed by atoms with Crippen molar-refractivity contribution in [1.82, 2.24) is 0 Å². The van der Waals surface area contributed by atoms with Gasteiger partial charge in [-0.1, -0.05) is 39.0 Å². The molecule has 0 aliphatic heterocycles. The monoisotopic (exact) mass is 265 g/mol. The van der Waals surface area contributed by atoms with Crippen LogP contribution >= 0.6 is 0 Å². The van der Waals surface area contributed by atoms with Gasteiger partial charge in [0.05, 0.1) is 7.11 Å². The second-order valence-corrected chi connectivity index (χ2v) is 6.20. The number of benzene rings is 1. The van der Waals surface area contributed by atoms with Gasteiger partial charge in [-0.25, -0.2) is 0 Å². The van der Waals surface area contributed by atoms with Crippen LogP contribution in [0.5, 0.6) is 5.75 Å². The first kappa shape index (κ1) is 16.0. The second kappa shape index (κ2) is 6.92. The maximum Gasteiger partial charge on any atom is 0.124 e. The fourth-order valence-electron chi connectivity index (χ4n) is 1.92. The molecule has 1 rings (SSSR count). The van der Waals surface area contributed by atoms with Crippen molar-refractivity contribution in [3.05, 3.63) is 29.8 Å². The average Bonchev–Trinajstić information content (AvgIpc) is 2.33. The summed E-state index contributed by atoms with van der Waals surface area (Å²) in [5.41, 5.74) is 7.35. The highest BCUT2D eigenvalue weighted by Crippen LogP contribution is 2.30. The zero-order valence-electron chi connectivity index (χ0n) is 12.8. The van der Waals surface area contributed by atoms with Crippen LogP contribution in [0.1, 0.15) is 45.8 Å². The van der Waals surface area contributed by atoms with Gasteiger partial charge < -0.3 is 15.2 Å². The summed E-state index contributed by atoms with van der Waals surface area (Å²) >= 11 is 0. The largest absolute Gasteiger partial charge is 0.496 e. The van der Waals surface area contributed by atoms with Gasteiger partial charge in [0.25, 0.3) is 0 Å². The molecule has 0 aliphatic rings. The van der Waals surface area contributed by atoms with Gasteiger partial charge in [-0.3, -0.25) is 0 Å². The van der Waals surface area contributed by atoms with Crippen molar-refractivity contribution in [2.45, 2.75) is 46.3 Å². The Kier molecular flexibility index (Phi) is 5.83. The predicted octanol–water partition coefficient (Wildman–Crippen LogP) is 3.54. The number of hydrogen-bond donors (Lipinski definition) is 1. The minimum absolute atomic E-state index is 0.0729. The molecule has 3 nitrogen and oxygen atoms in total. The molecule has 2 unspecified atom stereocenters. The highest BCUT2D eigenvalue weighted by molar-refractivity contribution is 5.35. The molecule has 0 saturated heterocycles. The van der Waals surface area contributed by atoms with Crippen molar-refractivity contribution in [1.29, 1.82) is 0 Å². The number of ether oxygens (including phenoxy) is 2. The fraction of sp³-hybridized carbons (Fsp3) is 0.625. The molecule has 2 N–H and O–H groups in total. The van der Waals surface area contributed by atoms with E-state index in [1.807, 2.05) is 31.2 Å². The van der Waals surface area contributed by atoms with E-state index in [2.05, 4.69) is 20.8 Å². The van der Waals surface area contributed by atoms with E-state index in [1.54, 1.807) is 7.11 Å². The normalized spacial score (nSPS) is 15.1. The zero-order chi connectivity index (χ0) is 14.5. The summed E-state index contributed by atoms with van der Waals surface area (Å²) in [5, 5.41) is 0. The van der Waals surface area contributed by atoms with Crippen molar-refractivity contribution in [2.75, 3.05) is 13.7 Å². The molecule has 2 atom stereocenters. The third-order valence-corrected chi connectivity index (χ3v) is 3.07. The number of para-hydroxylation sites is 1. The smallest absolute Gasteiger partial charge is 0.124 e. The lowest BCUT2D eigenvalue weighted by molar-refractivity contribution is 0.0228. The standard InChI is InChI=1S/C16H27NO2/c1-12(17)15(19-11-10-16(2,3)4)13-8-6-7-9-14(13)18-5/h6-9,12,15H,10-11,17H2,1-5H3. The Hall–Kier alpha value is -1.06. The van der Waals surface area contributed by atoms with Gasteiger partial charge in [0.15, 0.2) is 0 Å². The summed E-state index contributed by atoms with van der Waals surface area (Å²) in [6, 6.07) is 7.83. The van der Waals surface area contributed by atoms with Crippen LogP contribution in [0.3, 0.4) is 0 Å². The molecule has 0 aliphatic carbocycles. The van der Waals surface area contributed by atoms with Crippen LogP contribution in [0, 0.1) is 5.41 Å². The van der Waals surface area contributed by atoms with Crippen LogP contribution in [-0.2, 0) is 4.74 Å². The Morgan fingerprint density at radius 1 is 1.21 bits per heavy atom. The minimum atomic E-state index is -0.126. The summed E-state index contributed by atoms with van der Waals surface area (Å²) in [6.07, 6.45) is 0.879. The molecule has 0 aromatic heterocycles. The molecule has 1 aromatic rings. The van der Waals surface area contributed by atoms with Gasteiger partial charge in [0.1, 0.15) is 11.9 Å². The van der Waals surface area contributed by atoms with Crippen molar-refractivity contribution < 1.29 is 9.47 Å². The highest BCUT2D eigenvalue weighted by atomic mass is 16.5. The summed E-state index contributed by atoms with van der Waals surface area (Å²) < 4.78 is 11.4. The van der Waals surface area contributed by atoms with E-state index >= 15 is 0 Å². The molecule has 0 amide bonds. The molecular weight excluding hydrogens is 238 g/mol. The Labute approximate surface area is 117 Å². The quantitative estimate of drug-likeness (QED) is 0.855. The third kappa shape index (κ3) is 5.21. The van der Waals surface area contributed by atoms with Gasteiger partial charge in [-0.05, 0) is 24.8 Å². The van der Waals surface area contributed by atoms with E-state index in [-0.39, 0.29) is 17.6 Å². The summed E-state index contributed by atoms with van der Waals surface area (Å²) in [4.78, 5) is 0. The van der Waals surface area contributed by atoms with E-state index in [9.17, 15) is 0 Å². The molecule has 0 fully saturated rings. The van der Waals surface area contributed by atoms with Crippen LogP contribution in [0.2, 0.25) is 0 Å². The van der Waals surface area contributed by atoms with Crippen molar-refractivity contribution in [3.8, 4) is 5.75 Å². The van der Waals surface area contributed by atoms with Crippen molar-refractivity contribution in [3.63, 3.8) is 0 Å². The lowest BCUT2D eigenvalue weighted by atomic mass is 9.93. The van der Waals surface area contributed by atoms with Crippen molar-refractivity contribution >= 4 is 0 Å². The molecular formula is C16H27NO2. The molecule has 0 heterocycles. The molecule has 3 heteroatoms. The SMILES string of the molecule is COc1ccccc1C(OCCC(C)(C)C)C(C)N. The first-order chi connectivity index (χ1) is 8.85. The fourth-order valence-corrected chi connectivity index (χ4v) is 1.92. The topological polar surface area (TPSA) is 44.5 Å². The van der Waals surface area contributed by atoms with Gasteiger partial charge in [-0.2, -0.15) is 0 Å². The second-order valence-electron chi connectivity index (χ2n) is 6.20. The van der Waals surface area contributed by atoms with Crippen LogP contribution in [0.25, 0.3) is 0 Å². The number of rotatable bonds is 6. The van der Waals surface area contributed by atoms with E-state index in [0.29, 0.717) is 6.61 Å². The maximum absolute atomic E-state index is 6.06. The predicted molar refractivity (Wildman–Crippen MR) is 79.4 cm³/mol. The summed E-state index contributed by atoms with van der Waals surface area (Å²) in [5.74, 6) is 0.834. The van der Waals surface area contributed by atoms with E-state index in [1.165, 1.54) is 0 Å². The van der Waals surface area contributed by atoms with Crippen molar-refractivity contribution in [2.24, 2.45) is 11.1 Å². The average molecular weight is 265 g/mol. The molecule has 0 bridgehead atoms. The lowest BCUT2D eigenvalue weighted by Gasteiger charge is -2.26. The van der Waals surface area contributed by atoms with Gasteiger partial charge in [0, 0.05) is 18.2 Å². The Bertz CT molecular complexity index is 383. The number of hydrogen-bond acceptors (Lipinski definition) is 3. The first-order valence-electron chi connectivity index (χ1n) is 6.85. The molecule has 19 heavy (non-hydrogen) atoms. The number of methoxy groups -OCH3 is 1. The van der Waals surface area contributed by atoms with E-state index in [4.69, 9.17) is 15.2 Å². The molecule has 108 valence electrons. The number of nitrogens with two attached hydrogens (primary N) is 1. The van der Waals surface area contributed by atoms with Crippen LogP contribution in [-0.4, -0.2) is 19.8 Å². The third-order valence-electron chi connectivity index (χ3n) is 3.07. The molecule has 0 saturated carbocycles. The minimum Gasteiger partial charge on any atom is -0.496 e. The molecule has 0 spiro atoms. The van der Waals surface area contributed by atoms with Gasteiger partial charge in [0.2, 0.25) is 0 Å².